The highest BCUT2D eigenvalue weighted by Gasteiger charge is 2.34. The largest absolute Gasteiger partial charge is 0.356 e. The molecule has 2 aliphatic rings. The molecule has 1 saturated heterocycles. The maximum Gasteiger partial charge on any atom is 0.199 e. The maximum atomic E-state index is 4.74. The third-order valence-electron chi connectivity index (χ3n) is 4.75. The van der Waals surface area contributed by atoms with E-state index in [0.717, 1.165) is 36.4 Å². The summed E-state index contributed by atoms with van der Waals surface area (Å²) < 4.78 is 0. The van der Waals surface area contributed by atoms with Crippen molar-refractivity contribution in [1.29, 1.82) is 0 Å². The predicted octanol–water partition coefficient (Wildman–Crippen LogP) is 2.79. The molecule has 114 valence electrons. The second-order valence-electron chi connectivity index (χ2n) is 6.60. The van der Waals surface area contributed by atoms with Gasteiger partial charge in [0.25, 0.3) is 0 Å². The van der Waals surface area contributed by atoms with Gasteiger partial charge in [-0.25, -0.2) is 19.9 Å². The van der Waals surface area contributed by atoms with E-state index >= 15 is 0 Å². The molecule has 5 heteroatoms. The number of nitrogens with zero attached hydrogens (tertiary/aromatic N) is 5. The van der Waals surface area contributed by atoms with Crippen LogP contribution in [0.4, 0.5) is 5.82 Å². The van der Waals surface area contributed by atoms with Crippen LogP contribution in [-0.2, 0) is 0 Å². The molecule has 0 N–H and O–H groups in total. The summed E-state index contributed by atoms with van der Waals surface area (Å²) in [5.41, 5.74) is 2.18. The first-order valence-electron chi connectivity index (χ1n) is 8.08. The Bertz CT molecular complexity index is 675. The topological polar surface area (TPSA) is 54.8 Å². The summed E-state index contributed by atoms with van der Waals surface area (Å²) in [5, 5.41) is 0. The van der Waals surface area contributed by atoms with Crippen LogP contribution in [0.5, 0.6) is 0 Å². The van der Waals surface area contributed by atoms with Crippen molar-refractivity contribution < 1.29 is 0 Å². The number of rotatable bonds is 4. The molecule has 1 aliphatic heterocycles. The molecule has 0 amide bonds. The van der Waals surface area contributed by atoms with Crippen molar-refractivity contribution in [2.24, 2.45) is 11.8 Å². The first-order chi connectivity index (χ1) is 10.7. The van der Waals surface area contributed by atoms with Gasteiger partial charge in [0, 0.05) is 36.7 Å². The highest BCUT2D eigenvalue weighted by atomic mass is 15.3. The molecule has 1 aliphatic carbocycles. The van der Waals surface area contributed by atoms with Crippen LogP contribution in [0.1, 0.15) is 30.5 Å². The van der Waals surface area contributed by atoms with Crippen LogP contribution in [0.3, 0.4) is 0 Å². The Balaban J connectivity index is 1.58. The van der Waals surface area contributed by atoms with E-state index in [-0.39, 0.29) is 0 Å². The van der Waals surface area contributed by atoms with Gasteiger partial charge in [0.2, 0.25) is 0 Å². The molecule has 2 aromatic heterocycles. The van der Waals surface area contributed by atoms with Crippen molar-refractivity contribution in [3.8, 4) is 11.6 Å². The minimum atomic E-state index is 0.599. The molecule has 0 atom stereocenters. The number of anilines is 1. The summed E-state index contributed by atoms with van der Waals surface area (Å²) in [5.74, 6) is 4.14. The van der Waals surface area contributed by atoms with Gasteiger partial charge < -0.3 is 4.90 Å². The summed E-state index contributed by atoms with van der Waals surface area (Å²) in [4.78, 5) is 20.2. The van der Waals surface area contributed by atoms with Gasteiger partial charge >= 0.3 is 0 Å². The van der Waals surface area contributed by atoms with E-state index in [4.69, 9.17) is 4.98 Å². The van der Waals surface area contributed by atoms with Crippen LogP contribution in [0.15, 0.2) is 18.5 Å². The predicted molar refractivity (Wildman–Crippen MR) is 85.6 cm³/mol. The average molecular weight is 295 g/mol. The third kappa shape index (κ3) is 2.56. The third-order valence-corrected chi connectivity index (χ3v) is 4.75. The Labute approximate surface area is 130 Å². The van der Waals surface area contributed by atoms with E-state index in [0.29, 0.717) is 11.6 Å². The molecule has 0 spiro atoms. The van der Waals surface area contributed by atoms with Gasteiger partial charge in [0.15, 0.2) is 11.6 Å². The fourth-order valence-corrected chi connectivity index (χ4v) is 3.15. The Hall–Kier alpha value is -2.04. The second-order valence-corrected chi connectivity index (χ2v) is 6.60. The Morgan fingerprint density at radius 2 is 1.73 bits per heavy atom. The molecule has 5 nitrogen and oxygen atoms in total. The van der Waals surface area contributed by atoms with Crippen LogP contribution < -0.4 is 4.90 Å². The van der Waals surface area contributed by atoms with Gasteiger partial charge in [-0.1, -0.05) is 12.8 Å². The standard InChI is InChI=1S/C17H21N5/c1-11-12(2)20-16(15-18-6-3-7-19-15)21-17(11)22-9-14(10-22)8-13-4-5-13/h3,6-7,13-14H,4-5,8-10H2,1-2H3. The number of hydrogen-bond donors (Lipinski definition) is 0. The first kappa shape index (κ1) is 13.6. The van der Waals surface area contributed by atoms with Crippen LogP contribution >= 0.6 is 0 Å². The van der Waals surface area contributed by atoms with Crippen LogP contribution in [0, 0.1) is 25.7 Å². The molecule has 0 radical (unpaired) electrons. The lowest BCUT2D eigenvalue weighted by Gasteiger charge is -2.41. The van der Waals surface area contributed by atoms with Crippen molar-refractivity contribution in [3.05, 3.63) is 29.7 Å². The molecule has 3 heterocycles. The molecule has 1 saturated carbocycles. The van der Waals surface area contributed by atoms with E-state index in [1.807, 2.05) is 13.0 Å². The average Bonchev–Trinajstić information content (AvgIpc) is 3.31. The van der Waals surface area contributed by atoms with Crippen molar-refractivity contribution in [2.45, 2.75) is 33.1 Å². The van der Waals surface area contributed by atoms with E-state index < -0.39 is 0 Å². The quantitative estimate of drug-likeness (QED) is 0.868. The van der Waals surface area contributed by atoms with E-state index in [2.05, 4.69) is 26.8 Å². The first-order valence-corrected chi connectivity index (χ1v) is 8.08. The number of hydrogen-bond acceptors (Lipinski definition) is 5. The zero-order valence-electron chi connectivity index (χ0n) is 13.2. The SMILES string of the molecule is Cc1nc(-c2ncccn2)nc(N2CC(CC3CC3)C2)c1C. The van der Waals surface area contributed by atoms with Gasteiger partial charge in [0.1, 0.15) is 5.82 Å². The molecule has 0 unspecified atom stereocenters. The second kappa shape index (κ2) is 5.30. The zero-order valence-corrected chi connectivity index (χ0v) is 13.2. The lowest BCUT2D eigenvalue weighted by atomic mass is 9.93. The number of aryl methyl sites for hydroxylation is 1. The van der Waals surface area contributed by atoms with Crippen LogP contribution in [-0.4, -0.2) is 33.0 Å². The monoisotopic (exact) mass is 295 g/mol. The van der Waals surface area contributed by atoms with Crippen LogP contribution in [0.25, 0.3) is 11.6 Å². The van der Waals surface area contributed by atoms with Crippen molar-refractivity contribution in [3.63, 3.8) is 0 Å². The van der Waals surface area contributed by atoms with Gasteiger partial charge in [-0.15, -0.1) is 0 Å². The molecular weight excluding hydrogens is 274 g/mol. The minimum Gasteiger partial charge on any atom is -0.356 e. The van der Waals surface area contributed by atoms with E-state index in [1.54, 1.807) is 12.4 Å². The summed E-state index contributed by atoms with van der Waals surface area (Å²) in [6.07, 6.45) is 7.75. The van der Waals surface area contributed by atoms with Crippen molar-refractivity contribution >= 4 is 5.82 Å². The zero-order chi connectivity index (χ0) is 15.1. The van der Waals surface area contributed by atoms with Crippen molar-refractivity contribution in [2.75, 3.05) is 18.0 Å². The molecule has 22 heavy (non-hydrogen) atoms. The Morgan fingerprint density at radius 3 is 2.41 bits per heavy atom. The minimum absolute atomic E-state index is 0.599. The molecular formula is C17H21N5. The highest BCUT2D eigenvalue weighted by Crippen LogP contribution is 2.39. The molecule has 4 rings (SSSR count). The molecule has 0 aromatic carbocycles. The Kier molecular flexibility index (Phi) is 3.28. The van der Waals surface area contributed by atoms with E-state index in [1.165, 1.54) is 24.8 Å². The van der Waals surface area contributed by atoms with Crippen molar-refractivity contribution in [1.82, 2.24) is 19.9 Å². The van der Waals surface area contributed by atoms with Gasteiger partial charge in [-0.05, 0) is 38.2 Å². The lowest BCUT2D eigenvalue weighted by molar-refractivity contribution is 0.363. The molecule has 2 aromatic rings. The molecule has 2 fully saturated rings. The fraction of sp³-hybridized carbons (Fsp3) is 0.529. The summed E-state index contributed by atoms with van der Waals surface area (Å²) in [7, 11) is 0. The summed E-state index contributed by atoms with van der Waals surface area (Å²) >= 11 is 0. The normalized spacial score (nSPS) is 18.4. The summed E-state index contributed by atoms with van der Waals surface area (Å²) in [6, 6.07) is 1.81. The molecule has 0 bridgehead atoms. The number of aromatic nitrogens is 4. The smallest absolute Gasteiger partial charge is 0.199 e. The van der Waals surface area contributed by atoms with E-state index in [9.17, 15) is 0 Å². The highest BCUT2D eigenvalue weighted by molar-refractivity contribution is 5.56. The summed E-state index contributed by atoms with van der Waals surface area (Å²) in [6.45, 7) is 6.40. The van der Waals surface area contributed by atoms with Crippen LogP contribution in [0.2, 0.25) is 0 Å². The lowest BCUT2D eigenvalue weighted by Crippen LogP contribution is -2.47. The maximum absolute atomic E-state index is 4.74. The van der Waals surface area contributed by atoms with Gasteiger partial charge in [-0.3, -0.25) is 0 Å². The van der Waals surface area contributed by atoms with Gasteiger partial charge in [-0.2, -0.15) is 0 Å². The Morgan fingerprint density at radius 1 is 1.00 bits per heavy atom. The fourth-order valence-electron chi connectivity index (χ4n) is 3.15. The van der Waals surface area contributed by atoms with Gasteiger partial charge in [0.05, 0.1) is 0 Å².